The second-order valence-corrected chi connectivity index (χ2v) is 7.20. The van der Waals surface area contributed by atoms with E-state index in [1.54, 1.807) is 0 Å². The van der Waals surface area contributed by atoms with E-state index in [1.165, 1.54) is 22.3 Å². The van der Waals surface area contributed by atoms with Gasteiger partial charge >= 0.3 is 5.97 Å². The lowest BCUT2D eigenvalue weighted by atomic mass is 9.99. The van der Waals surface area contributed by atoms with Crippen molar-refractivity contribution in [2.75, 3.05) is 0 Å². The van der Waals surface area contributed by atoms with Gasteiger partial charge in [0.15, 0.2) is 0 Å². The third-order valence-electron chi connectivity index (χ3n) is 4.90. The van der Waals surface area contributed by atoms with E-state index in [9.17, 15) is 4.79 Å². The number of esters is 1. The molecule has 0 aliphatic rings. The summed E-state index contributed by atoms with van der Waals surface area (Å²) in [6.07, 6.45) is 3.32. The van der Waals surface area contributed by atoms with Gasteiger partial charge in [0, 0.05) is 18.7 Å². The van der Waals surface area contributed by atoms with Crippen molar-refractivity contribution in [2.24, 2.45) is 4.99 Å². The van der Waals surface area contributed by atoms with Gasteiger partial charge in [0.05, 0.1) is 0 Å². The lowest BCUT2D eigenvalue weighted by Gasteiger charge is -2.07. The van der Waals surface area contributed by atoms with Crippen LogP contribution in [-0.4, -0.2) is 12.7 Å². The van der Waals surface area contributed by atoms with Gasteiger partial charge in [0.25, 0.3) is 0 Å². The second kappa shape index (κ2) is 10.8. The van der Waals surface area contributed by atoms with E-state index in [0.29, 0.717) is 0 Å². The molecule has 0 heterocycles. The maximum Gasteiger partial charge on any atom is 0.386 e. The molecule has 0 bridgehead atoms. The summed E-state index contributed by atoms with van der Waals surface area (Å²) in [7, 11) is 0. The first-order chi connectivity index (χ1) is 14.6. The zero-order valence-electron chi connectivity index (χ0n) is 17.2. The molecule has 0 unspecified atom stereocenters. The molecule has 0 atom stereocenters. The average Bonchev–Trinajstić information content (AvgIpc) is 2.78. The number of nitrogens with zero attached hydrogens (tertiary/aromatic N) is 1. The van der Waals surface area contributed by atoms with E-state index in [2.05, 4.69) is 79.1 Å². The molecule has 0 saturated carbocycles. The highest BCUT2D eigenvalue weighted by atomic mass is 16.5. The van der Waals surface area contributed by atoms with Crippen molar-refractivity contribution in [1.82, 2.24) is 0 Å². The van der Waals surface area contributed by atoms with Crippen LogP contribution < -0.4 is 0 Å². The quantitative estimate of drug-likeness (QED) is 0.299. The molecule has 30 heavy (non-hydrogen) atoms. The Labute approximate surface area is 178 Å². The number of hydrogen-bond acceptors (Lipinski definition) is 3. The minimum Gasteiger partial charge on any atom is -0.451 e. The predicted octanol–water partition coefficient (Wildman–Crippen LogP) is 5.54. The van der Waals surface area contributed by atoms with Gasteiger partial charge in [-0.05, 0) is 54.0 Å². The van der Waals surface area contributed by atoms with Gasteiger partial charge < -0.3 is 4.74 Å². The van der Waals surface area contributed by atoms with Crippen LogP contribution in [0.5, 0.6) is 0 Å². The average molecular weight is 396 g/mol. The van der Waals surface area contributed by atoms with Crippen molar-refractivity contribution in [1.29, 1.82) is 0 Å². The molecule has 150 valence electrons. The summed E-state index contributed by atoms with van der Waals surface area (Å²) in [5.41, 5.74) is 7.26. The Hall–Kier alpha value is -3.64. The lowest BCUT2D eigenvalue weighted by Crippen LogP contribution is -2.01. The van der Waals surface area contributed by atoms with Gasteiger partial charge in [-0.2, -0.15) is 0 Å². The number of hydrogen-bond donors (Lipinski definition) is 0. The minimum absolute atomic E-state index is 0.185. The Morgan fingerprint density at radius 3 is 1.87 bits per heavy atom. The van der Waals surface area contributed by atoms with Crippen molar-refractivity contribution >= 4 is 12.7 Å². The number of carbonyl (C=O) groups excluding carboxylic acids is 1. The molecule has 0 aliphatic heterocycles. The molecule has 0 aromatic heterocycles. The number of ether oxygens (including phenoxy) is 1. The molecule has 3 aromatic carbocycles. The van der Waals surface area contributed by atoms with Gasteiger partial charge in [-0.25, -0.2) is 9.79 Å². The topological polar surface area (TPSA) is 38.7 Å². The molecule has 0 spiro atoms. The molecule has 3 nitrogen and oxygen atoms in total. The fourth-order valence-electron chi connectivity index (χ4n) is 3.18. The molecule has 0 radical (unpaired) electrons. The highest BCUT2D eigenvalue weighted by Gasteiger charge is 2.02. The Morgan fingerprint density at radius 2 is 1.33 bits per heavy atom. The molecular formula is C27H25NO2. The SMILES string of the molecule is C=NC#CC(=O)OCc1ccc(-c2ccc(CCCc3ccc(C)cc3)cc2)cc1. The Kier molecular flexibility index (Phi) is 7.58. The standard InChI is InChI=1S/C27H25NO2/c1-21-6-8-22(9-7-21)4-3-5-23-10-14-25(15-11-23)26-16-12-24(13-17-26)20-30-27(29)18-19-28-2/h6-17H,2-5,20H2,1H3. The van der Waals surface area contributed by atoms with E-state index in [0.717, 1.165) is 30.4 Å². The molecule has 0 fully saturated rings. The lowest BCUT2D eigenvalue weighted by molar-refractivity contribution is -0.137. The first kappa shape index (κ1) is 21.1. The van der Waals surface area contributed by atoms with Crippen LogP contribution in [-0.2, 0) is 29.0 Å². The van der Waals surface area contributed by atoms with Gasteiger partial charge in [-0.15, -0.1) is 0 Å². The van der Waals surface area contributed by atoms with Crippen LogP contribution in [0.15, 0.2) is 77.8 Å². The third-order valence-corrected chi connectivity index (χ3v) is 4.90. The zero-order valence-corrected chi connectivity index (χ0v) is 17.2. The number of aliphatic imine (C=N–C) groups is 1. The normalized spacial score (nSPS) is 10.0. The van der Waals surface area contributed by atoms with E-state index in [-0.39, 0.29) is 6.61 Å². The van der Waals surface area contributed by atoms with Crippen molar-refractivity contribution in [2.45, 2.75) is 32.8 Å². The molecule has 3 rings (SSSR count). The van der Waals surface area contributed by atoms with Crippen LogP contribution in [0.1, 0.15) is 28.7 Å². The summed E-state index contributed by atoms with van der Waals surface area (Å²) in [5, 5.41) is 0. The second-order valence-electron chi connectivity index (χ2n) is 7.20. The van der Waals surface area contributed by atoms with Gasteiger partial charge in [0.1, 0.15) is 6.61 Å². The summed E-state index contributed by atoms with van der Waals surface area (Å²) in [6.45, 7) is 5.50. The fourth-order valence-corrected chi connectivity index (χ4v) is 3.18. The fraction of sp³-hybridized carbons (Fsp3) is 0.185. The Morgan fingerprint density at radius 1 is 0.833 bits per heavy atom. The highest BCUT2D eigenvalue weighted by molar-refractivity contribution is 5.88. The monoisotopic (exact) mass is 395 g/mol. The van der Waals surface area contributed by atoms with Crippen LogP contribution in [0, 0.1) is 18.9 Å². The number of rotatable bonds is 7. The molecule has 3 aromatic rings. The Bertz CT molecular complexity index is 1040. The smallest absolute Gasteiger partial charge is 0.386 e. The van der Waals surface area contributed by atoms with E-state index < -0.39 is 5.97 Å². The zero-order chi connectivity index (χ0) is 21.2. The number of benzene rings is 3. The summed E-state index contributed by atoms with van der Waals surface area (Å²) in [4.78, 5) is 14.7. The van der Waals surface area contributed by atoms with Crippen LogP contribution in [0.2, 0.25) is 0 Å². The first-order valence-corrected chi connectivity index (χ1v) is 10.0. The number of aryl methyl sites for hydroxylation is 3. The molecule has 0 aliphatic carbocycles. The number of carbonyl (C=O) groups is 1. The predicted molar refractivity (Wildman–Crippen MR) is 122 cm³/mol. The highest BCUT2D eigenvalue weighted by Crippen LogP contribution is 2.21. The maximum absolute atomic E-state index is 11.4. The maximum atomic E-state index is 11.4. The van der Waals surface area contributed by atoms with Gasteiger partial charge in [-0.1, -0.05) is 78.4 Å². The molecule has 0 saturated heterocycles. The van der Waals surface area contributed by atoms with Crippen molar-refractivity contribution < 1.29 is 9.53 Å². The Balaban J connectivity index is 1.50. The van der Waals surface area contributed by atoms with Crippen molar-refractivity contribution in [3.63, 3.8) is 0 Å². The van der Waals surface area contributed by atoms with Gasteiger partial charge in [0.2, 0.25) is 0 Å². The summed E-state index contributed by atoms with van der Waals surface area (Å²) < 4.78 is 5.07. The molecule has 0 amide bonds. The minimum atomic E-state index is -0.607. The summed E-state index contributed by atoms with van der Waals surface area (Å²) >= 11 is 0. The van der Waals surface area contributed by atoms with Crippen LogP contribution in [0.4, 0.5) is 0 Å². The summed E-state index contributed by atoms with van der Waals surface area (Å²) in [6, 6.07) is 27.7. The molecule has 3 heteroatoms. The van der Waals surface area contributed by atoms with Crippen molar-refractivity contribution in [3.05, 3.63) is 95.1 Å². The van der Waals surface area contributed by atoms with Crippen LogP contribution in [0.25, 0.3) is 11.1 Å². The summed E-state index contributed by atoms with van der Waals surface area (Å²) in [5.74, 6) is 1.62. The van der Waals surface area contributed by atoms with E-state index in [1.807, 2.05) is 24.3 Å². The van der Waals surface area contributed by atoms with Crippen molar-refractivity contribution in [3.8, 4) is 23.1 Å². The van der Waals surface area contributed by atoms with Gasteiger partial charge in [-0.3, -0.25) is 0 Å². The van der Waals surface area contributed by atoms with E-state index in [4.69, 9.17) is 4.74 Å². The van der Waals surface area contributed by atoms with Crippen LogP contribution >= 0.6 is 0 Å². The largest absolute Gasteiger partial charge is 0.451 e. The van der Waals surface area contributed by atoms with Crippen LogP contribution in [0.3, 0.4) is 0 Å². The van der Waals surface area contributed by atoms with E-state index >= 15 is 0 Å². The molecular weight excluding hydrogens is 370 g/mol. The first-order valence-electron chi connectivity index (χ1n) is 10.0. The third kappa shape index (κ3) is 6.46. The molecule has 0 N–H and O–H groups in total.